The summed E-state index contributed by atoms with van der Waals surface area (Å²) in [6, 6.07) is 5.07. The highest BCUT2D eigenvalue weighted by atomic mass is 19.1. The van der Waals surface area contributed by atoms with E-state index in [-0.39, 0.29) is 11.8 Å². The molecule has 0 aromatic heterocycles. The van der Waals surface area contributed by atoms with E-state index in [1.807, 2.05) is 6.07 Å². The third-order valence-corrected chi connectivity index (χ3v) is 2.55. The van der Waals surface area contributed by atoms with Gasteiger partial charge in [0.1, 0.15) is 5.82 Å². The molecule has 5 heteroatoms. The van der Waals surface area contributed by atoms with Crippen molar-refractivity contribution in [2.75, 3.05) is 27.2 Å². The van der Waals surface area contributed by atoms with Gasteiger partial charge in [-0.25, -0.2) is 9.18 Å². The number of carbonyl (C=O) groups is 1. The fourth-order valence-corrected chi connectivity index (χ4v) is 1.39. The number of nitrogens with zero attached hydrogens (tertiary/aromatic N) is 1. The molecule has 2 N–H and O–H groups in total. The van der Waals surface area contributed by atoms with E-state index in [0.29, 0.717) is 25.2 Å². The summed E-state index contributed by atoms with van der Waals surface area (Å²) in [7, 11) is 3.38. The number of amides is 2. The van der Waals surface area contributed by atoms with Crippen molar-refractivity contribution in [1.82, 2.24) is 15.5 Å². The molecule has 0 aliphatic heterocycles. The number of carbonyl (C=O) groups excluding carboxylic acids is 1. The van der Waals surface area contributed by atoms with Crippen molar-refractivity contribution in [2.45, 2.75) is 13.5 Å². The summed E-state index contributed by atoms with van der Waals surface area (Å²) in [4.78, 5) is 12.7. The first-order chi connectivity index (χ1) is 8.50. The van der Waals surface area contributed by atoms with Crippen molar-refractivity contribution in [2.24, 2.45) is 0 Å². The summed E-state index contributed by atoms with van der Waals surface area (Å²) >= 11 is 0. The minimum absolute atomic E-state index is 0.113. The van der Waals surface area contributed by atoms with Crippen molar-refractivity contribution in [1.29, 1.82) is 0 Å². The number of hydrogen-bond donors (Lipinski definition) is 2. The van der Waals surface area contributed by atoms with Crippen LogP contribution < -0.4 is 10.6 Å². The van der Waals surface area contributed by atoms with Gasteiger partial charge in [-0.15, -0.1) is 0 Å². The van der Waals surface area contributed by atoms with Gasteiger partial charge in [0.05, 0.1) is 0 Å². The van der Waals surface area contributed by atoms with Crippen molar-refractivity contribution < 1.29 is 9.18 Å². The van der Waals surface area contributed by atoms with Gasteiger partial charge in [-0.05, 0) is 24.1 Å². The zero-order chi connectivity index (χ0) is 13.5. The molecule has 0 unspecified atom stereocenters. The summed E-state index contributed by atoms with van der Waals surface area (Å²) in [5, 5.41) is 5.88. The van der Waals surface area contributed by atoms with Crippen molar-refractivity contribution in [3.8, 4) is 0 Å². The summed E-state index contributed by atoms with van der Waals surface area (Å²) in [5.41, 5.74) is 1.55. The van der Waals surface area contributed by atoms with Gasteiger partial charge >= 0.3 is 6.03 Å². The topological polar surface area (TPSA) is 44.4 Å². The molecule has 0 fully saturated rings. The quantitative estimate of drug-likeness (QED) is 0.781. The molecule has 2 amide bonds. The molecule has 0 saturated carbocycles. The molecule has 1 aromatic carbocycles. The van der Waals surface area contributed by atoms with Gasteiger partial charge in [-0.2, -0.15) is 0 Å². The van der Waals surface area contributed by atoms with E-state index in [2.05, 4.69) is 10.6 Å². The molecular formula is C13H20FN3O. The number of halogens is 1. The Bertz CT molecular complexity index is 407. The fraction of sp³-hybridized carbons (Fsp3) is 0.462. The number of benzene rings is 1. The van der Waals surface area contributed by atoms with Crippen molar-refractivity contribution in [3.63, 3.8) is 0 Å². The molecule has 0 radical (unpaired) electrons. The Morgan fingerprint density at radius 3 is 2.67 bits per heavy atom. The second-order valence-corrected chi connectivity index (χ2v) is 4.39. The number of rotatable bonds is 5. The fourth-order valence-electron chi connectivity index (χ4n) is 1.39. The Morgan fingerprint density at radius 1 is 1.33 bits per heavy atom. The predicted molar refractivity (Wildman–Crippen MR) is 69.9 cm³/mol. The average Bonchev–Trinajstić information content (AvgIpc) is 2.32. The summed E-state index contributed by atoms with van der Waals surface area (Å²) in [6.45, 7) is 3.53. The predicted octanol–water partition coefficient (Wildman–Crippen LogP) is 1.49. The zero-order valence-corrected chi connectivity index (χ0v) is 11.1. The average molecular weight is 253 g/mol. The number of hydrogen-bond acceptors (Lipinski definition) is 2. The Labute approximate surface area is 107 Å². The third kappa shape index (κ3) is 4.71. The van der Waals surface area contributed by atoms with E-state index in [4.69, 9.17) is 0 Å². The van der Waals surface area contributed by atoms with Gasteiger partial charge < -0.3 is 15.5 Å². The minimum atomic E-state index is -0.185. The van der Waals surface area contributed by atoms with Gasteiger partial charge in [0.2, 0.25) is 0 Å². The Morgan fingerprint density at radius 2 is 2.06 bits per heavy atom. The monoisotopic (exact) mass is 253 g/mol. The van der Waals surface area contributed by atoms with Crippen LogP contribution in [0.1, 0.15) is 11.1 Å². The van der Waals surface area contributed by atoms with Gasteiger partial charge in [-0.1, -0.05) is 12.1 Å². The standard InChI is InChI=1S/C13H20FN3O/c1-10-4-5-11(8-12(10)14)9-15-6-7-16-13(18)17(2)3/h4-5,8,15H,6-7,9H2,1-3H3,(H,16,18). The maximum absolute atomic E-state index is 13.3. The van der Waals surface area contributed by atoms with Gasteiger partial charge in [-0.3, -0.25) is 0 Å². The SMILES string of the molecule is Cc1ccc(CNCCNC(=O)N(C)C)cc1F. The second-order valence-electron chi connectivity index (χ2n) is 4.39. The molecule has 0 heterocycles. The van der Waals surface area contributed by atoms with Crippen LogP contribution >= 0.6 is 0 Å². The van der Waals surface area contributed by atoms with Crippen LogP contribution in [0.2, 0.25) is 0 Å². The van der Waals surface area contributed by atoms with Gasteiger partial charge in [0.25, 0.3) is 0 Å². The lowest BCUT2D eigenvalue weighted by atomic mass is 10.1. The lowest BCUT2D eigenvalue weighted by molar-refractivity contribution is 0.217. The molecule has 1 rings (SSSR count). The lowest BCUT2D eigenvalue weighted by Crippen LogP contribution is -2.38. The summed E-state index contributed by atoms with van der Waals surface area (Å²) in [6.07, 6.45) is 0. The number of urea groups is 1. The Balaban J connectivity index is 2.22. The molecule has 0 atom stereocenters. The molecule has 1 aromatic rings. The Kier molecular flexibility index (Phi) is 5.58. The highest BCUT2D eigenvalue weighted by Crippen LogP contribution is 2.08. The van der Waals surface area contributed by atoms with Crippen molar-refractivity contribution in [3.05, 3.63) is 35.1 Å². The van der Waals surface area contributed by atoms with Crippen LogP contribution in [0.5, 0.6) is 0 Å². The molecule has 0 aliphatic rings. The molecule has 0 aliphatic carbocycles. The van der Waals surface area contributed by atoms with Crippen LogP contribution in [0.25, 0.3) is 0 Å². The zero-order valence-electron chi connectivity index (χ0n) is 11.1. The number of nitrogens with one attached hydrogen (secondary N) is 2. The molecule has 0 bridgehead atoms. The highest BCUT2D eigenvalue weighted by Gasteiger charge is 2.01. The van der Waals surface area contributed by atoms with Crippen LogP contribution in [0.15, 0.2) is 18.2 Å². The second kappa shape index (κ2) is 6.96. The van der Waals surface area contributed by atoms with Crippen LogP contribution in [0.3, 0.4) is 0 Å². The van der Waals surface area contributed by atoms with Gasteiger partial charge in [0.15, 0.2) is 0 Å². The normalized spacial score (nSPS) is 10.2. The van der Waals surface area contributed by atoms with E-state index >= 15 is 0 Å². The third-order valence-electron chi connectivity index (χ3n) is 2.55. The van der Waals surface area contributed by atoms with E-state index in [1.54, 1.807) is 27.1 Å². The van der Waals surface area contributed by atoms with Crippen LogP contribution in [0.4, 0.5) is 9.18 Å². The number of aryl methyl sites for hydroxylation is 1. The maximum Gasteiger partial charge on any atom is 0.316 e. The maximum atomic E-state index is 13.3. The van der Waals surface area contributed by atoms with Gasteiger partial charge in [0, 0.05) is 33.7 Å². The van der Waals surface area contributed by atoms with E-state index in [1.165, 1.54) is 11.0 Å². The molecule has 18 heavy (non-hydrogen) atoms. The van der Waals surface area contributed by atoms with E-state index in [9.17, 15) is 9.18 Å². The van der Waals surface area contributed by atoms with E-state index in [0.717, 1.165) is 5.56 Å². The first kappa shape index (κ1) is 14.4. The smallest absolute Gasteiger partial charge is 0.316 e. The van der Waals surface area contributed by atoms with E-state index < -0.39 is 0 Å². The summed E-state index contributed by atoms with van der Waals surface area (Å²) in [5.74, 6) is -0.185. The minimum Gasteiger partial charge on any atom is -0.337 e. The molecule has 100 valence electrons. The van der Waals surface area contributed by atoms with Crippen LogP contribution in [-0.2, 0) is 6.54 Å². The molecule has 0 saturated heterocycles. The Hall–Kier alpha value is -1.62. The highest BCUT2D eigenvalue weighted by molar-refractivity contribution is 5.73. The first-order valence-electron chi connectivity index (χ1n) is 5.91. The molecule has 4 nitrogen and oxygen atoms in total. The molecular weight excluding hydrogens is 233 g/mol. The van der Waals surface area contributed by atoms with Crippen molar-refractivity contribution >= 4 is 6.03 Å². The van der Waals surface area contributed by atoms with Crippen LogP contribution in [-0.4, -0.2) is 38.1 Å². The lowest BCUT2D eigenvalue weighted by Gasteiger charge is -2.12. The van der Waals surface area contributed by atoms with Crippen LogP contribution in [0, 0.1) is 12.7 Å². The largest absolute Gasteiger partial charge is 0.337 e. The summed E-state index contributed by atoms with van der Waals surface area (Å²) < 4.78 is 13.3. The molecule has 0 spiro atoms. The first-order valence-corrected chi connectivity index (χ1v) is 5.91.